The van der Waals surface area contributed by atoms with E-state index in [1.165, 1.54) is 7.11 Å². The summed E-state index contributed by atoms with van der Waals surface area (Å²) in [5.74, 6) is -1.16. The van der Waals surface area contributed by atoms with Gasteiger partial charge in [-0.3, -0.25) is 9.36 Å². The third-order valence-electron chi connectivity index (χ3n) is 3.77. The van der Waals surface area contributed by atoms with Gasteiger partial charge in [0, 0.05) is 26.3 Å². The highest BCUT2D eigenvalue weighted by Crippen LogP contribution is 2.30. The molecule has 0 saturated heterocycles. The van der Waals surface area contributed by atoms with Crippen LogP contribution >= 0.6 is 11.6 Å². The van der Waals surface area contributed by atoms with Gasteiger partial charge in [-0.25, -0.2) is 13.8 Å². The molecule has 0 aliphatic rings. The monoisotopic (exact) mass is 440 g/mol. The van der Waals surface area contributed by atoms with E-state index >= 15 is 0 Å². The van der Waals surface area contributed by atoms with Crippen molar-refractivity contribution in [1.82, 2.24) is 9.13 Å². The highest BCUT2D eigenvalue weighted by Gasteiger charge is 2.35. The van der Waals surface area contributed by atoms with Gasteiger partial charge in [0.25, 0.3) is 5.56 Å². The lowest BCUT2D eigenvalue weighted by Gasteiger charge is -2.15. The van der Waals surface area contributed by atoms with E-state index in [9.17, 15) is 27.2 Å². The summed E-state index contributed by atoms with van der Waals surface area (Å²) in [5.41, 5.74) is -4.78. The van der Waals surface area contributed by atoms with Crippen molar-refractivity contribution >= 4 is 11.6 Å². The van der Waals surface area contributed by atoms with E-state index < -0.39 is 34.6 Å². The van der Waals surface area contributed by atoms with Crippen molar-refractivity contribution in [2.45, 2.75) is 6.18 Å². The zero-order valence-electron chi connectivity index (χ0n) is 15.4. The van der Waals surface area contributed by atoms with Crippen LogP contribution in [-0.2, 0) is 22.7 Å². The van der Waals surface area contributed by atoms with Crippen molar-refractivity contribution < 1.29 is 31.8 Å². The Morgan fingerprint density at radius 3 is 2.34 bits per heavy atom. The molecule has 1 heterocycles. The van der Waals surface area contributed by atoms with Crippen LogP contribution in [0.3, 0.4) is 0 Å². The Balaban J connectivity index is 2.39. The average molecular weight is 441 g/mol. The smallest absolute Gasteiger partial charge is 0.431 e. The first-order valence-corrected chi connectivity index (χ1v) is 8.55. The molecule has 0 bridgehead atoms. The number of hydrogen-bond donors (Lipinski definition) is 0. The Bertz CT molecular complexity index is 987. The van der Waals surface area contributed by atoms with Gasteiger partial charge in [-0.05, 0) is 6.07 Å². The molecule has 0 radical (unpaired) electrons. The summed E-state index contributed by atoms with van der Waals surface area (Å²) in [5, 5.41) is -0.153. The molecule has 0 amide bonds. The Kier molecular flexibility index (Phi) is 7.44. The molecule has 0 unspecified atom stereocenters. The summed E-state index contributed by atoms with van der Waals surface area (Å²) in [6.45, 7) is 0.851. The highest BCUT2D eigenvalue weighted by atomic mass is 35.5. The normalized spacial score (nSPS) is 11.7. The number of methoxy groups -OCH3 is 1. The second-order valence-corrected chi connectivity index (χ2v) is 6.14. The lowest BCUT2D eigenvalue weighted by atomic mass is 10.2. The highest BCUT2D eigenvalue weighted by molar-refractivity contribution is 6.32. The second kappa shape index (κ2) is 9.42. The van der Waals surface area contributed by atoms with Gasteiger partial charge in [-0.2, -0.15) is 13.2 Å². The molecule has 2 rings (SSSR count). The third-order valence-corrected chi connectivity index (χ3v) is 4.07. The minimum absolute atomic E-state index is 0.00836. The lowest BCUT2D eigenvalue weighted by Crippen LogP contribution is -2.41. The number of ether oxygens (including phenoxy) is 3. The van der Waals surface area contributed by atoms with Crippen molar-refractivity contribution in [2.75, 3.05) is 33.5 Å². The van der Waals surface area contributed by atoms with Crippen LogP contribution in [0.4, 0.5) is 17.6 Å². The molecular formula is C17H17ClF4N2O5. The first-order chi connectivity index (χ1) is 13.6. The molecule has 2 aromatic rings. The zero-order valence-corrected chi connectivity index (χ0v) is 16.1. The van der Waals surface area contributed by atoms with E-state index in [4.69, 9.17) is 25.8 Å². The van der Waals surface area contributed by atoms with Crippen LogP contribution in [0.25, 0.3) is 5.69 Å². The van der Waals surface area contributed by atoms with Gasteiger partial charge in [0.05, 0.1) is 30.5 Å². The van der Waals surface area contributed by atoms with Gasteiger partial charge >= 0.3 is 11.9 Å². The molecule has 0 atom stereocenters. The van der Waals surface area contributed by atoms with Crippen molar-refractivity contribution in [3.05, 3.63) is 55.6 Å². The minimum atomic E-state index is -4.93. The van der Waals surface area contributed by atoms with Crippen LogP contribution < -0.4 is 16.0 Å². The fourth-order valence-corrected chi connectivity index (χ4v) is 2.58. The van der Waals surface area contributed by atoms with E-state index in [-0.39, 0.29) is 39.2 Å². The fraction of sp³-hybridized carbons (Fsp3) is 0.412. The maximum Gasteiger partial charge on any atom is 0.431 e. The summed E-state index contributed by atoms with van der Waals surface area (Å²) >= 11 is 5.90. The van der Waals surface area contributed by atoms with Gasteiger partial charge < -0.3 is 14.2 Å². The largest absolute Gasteiger partial charge is 0.490 e. The third kappa shape index (κ3) is 5.37. The van der Waals surface area contributed by atoms with Crippen molar-refractivity contribution in [3.8, 4) is 11.4 Å². The predicted octanol–water partition coefficient (Wildman–Crippen LogP) is 2.39. The van der Waals surface area contributed by atoms with Crippen LogP contribution in [0.5, 0.6) is 5.75 Å². The second-order valence-electron chi connectivity index (χ2n) is 5.73. The summed E-state index contributed by atoms with van der Waals surface area (Å²) in [6, 6.07) is 1.96. The van der Waals surface area contributed by atoms with Crippen molar-refractivity contribution in [1.29, 1.82) is 0 Å². The lowest BCUT2D eigenvalue weighted by molar-refractivity contribution is -0.144. The number of rotatable bonds is 8. The Morgan fingerprint density at radius 1 is 1.07 bits per heavy atom. The van der Waals surface area contributed by atoms with Gasteiger partial charge in [0.1, 0.15) is 23.9 Å². The van der Waals surface area contributed by atoms with E-state index in [2.05, 4.69) is 0 Å². The fourth-order valence-electron chi connectivity index (χ4n) is 2.37. The molecule has 0 aliphatic carbocycles. The molecule has 160 valence electrons. The van der Waals surface area contributed by atoms with E-state index in [0.29, 0.717) is 13.2 Å². The molecule has 12 heteroatoms. The van der Waals surface area contributed by atoms with Gasteiger partial charge in [0.2, 0.25) is 0 Å². The molecule has 0 aliphatic heterocycles. The van der Waals surface area contributed by atoms with Crippen LogP contribution in [0.15, 0.2) is 27.8 Å². The number of benzene rings is 1. The van der Waals surface area contributed by atoms with E-state index in [1.807, 2.05) is 0 Å². The minimum Gasteiger partial charge on any atom is -0.490 e. The maximum atomic E-state index is 14.4. The SMILES string of the molecule is COCCOCCOc1cc(-n2c(=O)cc(C(F)(F)F)n(C)c2=O)c(F)cc1Cl. The standard InChI is InChI=1S/C17H17ClF4N2O5/c1-23-14(17(20,21)22)9-15(25)24(16(23)26)12-8-13(10(18)7-11(12)19)29-6-5-28-4-3-27-2/h7-9H,3-6H2,1-2H3. The average Bonchev–Trinajstić information content (AvgIpc) is 2.63. The quantitative estimate of drug-likeness (QED) is 0.465. The Hall–Kier alpha value is -2.37. The van der Waals surface area contributed by atoms with Gasteiger partial charge in [-0.15, -0.1) is 0 Å². The topological polar surface area (TPSA) is 71.7 Å². The van der Waals surface area contributed by atoms with Crippen molar-refractivity contribution in [3.63, 3.8) is 0 Å². The molecule has 0 N–H and O–H groups in total. The molecule has 29 heavy (non-hydrogen) atoms. The summed E-state index contributed by atoms with van der Waals surface area (Å²) in [7, 11) is 2.33. The van der Waals surface area contributed by atoms with Gasteiger partial charge in [-0.1, -0.05) is 11.6 Å². The van der Waals surface area contributed by atoms with Crippen LogP contribution in [-0.4, -0.2) is 42.7 Å². The Morgan fingerprint density at radius 2 is 1.72 bits per heavy atom. The summed E-state index contributed by atoms with van der Waals surface area (Å²) < 4.78 is 69.0. The van der Waals surface area contributed by atoms with E-state index in [1.54, 1.807) is 0 Å². The molecular weight excluding hydrogens is 424 g/mol. The van der Waals surface area contributed by atoms with Crippen molar-refractivity contribution in [2.24, 2.45) is 7.05 Å². The number of aromatic nitrogens is 2. The number of halogens is 5. The Labute approximate surface area is 167 Å². The number of nitrogens with zero attached hydrogens (tertiary/aromatic N) is 2. The molecule has 0 spiro atoms. The number of alkyl halides is 3. The van der Waals surface area contributed by atoms with Crippen LogP contribution in [0.2, 0.25) is 5.02 Å². The van der Waals surface area contributed by atoms with Gasteiger partial charge in [0.15, 0.2) is 0 Å². The molecule has 0 saturated carbocycles. The first-order valence-electron chi connectivity index (χ1n) is 8.17. The summed E-state index contributed by atoms with van der Waals surface area (Å²) in [4.78, 5) is 24.5. The first kappa shape index (κ1) is 22.9. The summed E-state index contributed by atoms with van der Waals surface area (Å²) in [6.07, 6.45) is -4.93. The maximum absolute atomic E-state index is 14.4. The molecule has 0 fully saturated rings. The zero-order chi connectivity index (χ0) is 21.8. The van der Waals surface area contributed by atoms with Crippen LogP contribution in [0.1, 0.15) is 5.69 Å². The predicted molar refractivity (Wildman–Crippen MR) is 95.4 cm³/mol. The molecule has 1 aromatic heterocycles. The number of hydrogen-bond acceptors (Lipinski definition) is 5. The molecule has 1 aromatic carbocycles. The molecule has 7 nitrogen and oxygen atoms in total. The van der Waals surface area contributed by atoms with E-state index in [0.717, 1.165) is 19.2 Å². The van der Waals surface area contributed by atoms with Crippen LogP contribution in [0, 0.1) is 5.82 Å².